The second-order valence-corrected chi connectivity index (χ2v) is 3.17. The Balaban J connectivity index is 0.00000121. The monoisotopic (exact) mass is 187 g/mol. The molecule has 0 saturated carbocycles. The third kappa shape index (κ3) is 3.93. The number of rotatable bonds is 3. The van der Waals surface area contributed by atoms with Gasteiger partial charge in [-0.05, 0) is 33.2 Å². The third-order valence-electron chi connectivity index (χ3n) is 2.15. The minimum Gasteiger partial charge on any atom is -0.317 e. The van der Waals surface area contributed by atoms with Crippen molar-refractivity contribution in [2.45, 2.75) is 32.2 Å². The quantitative estimate of drug-likeness (QED) is 0.670. The van der Waals surface area contributed by atoms with E-state index >= 15 is 0 Å². The van der Waals surface area contributed by atoms with Crippen molar-refractivity contribution in [2.24, 2.45) is 0 Å². The zero-order chi connectivity index (χ0) is 8.10. The predicted molar refractivity (Wildman–Crippen MR) is 56.8 cm³/mol. The number of hydrogen-bond donors (Lipinski definition) is 1. The molecule has 0 amide bonds. The summed E-state index contributed by atoms with van der Waals surface area (Å²) in [7, 11) is 2.02. The Labute approximate surface area is 81.3 Å². The summed E-state index contributed by atoms with van der Waals surface area (Å²) < 4.78 is 0. The molecule has 0 spiro atoms. The molecule has 1 nitrogen and oxygen atoms in total. The van der Waals surface area contributed by atoms with Gasteiger partial charge in [0.2, 0.25) is 0 Å². The van der Waals surface area contributed by atoms with Crippen LogP contribution in [0.4, 0.5) is 0 Å². The molecule has 1 unspecified atom stereocenters. The summed E-state index contributed by atoms with van der Waals surface area (Å²) in [6.07, 6.45) is 10.3. The first-order valence-electron chi connectivity index (χ1n) is 4.33. The van der Waals surface area contributed by atoms with E-state index in [0.29, 0.717) is 6.04 Å². The van der Waals surface area contributed by atoms with Crippen molar-refractivity contribution >= 4 is 12.4 Å². The second kappa shape index (κ2) is 6.27. The Morgan fingerprint density at radius 3 is 2.75 bits per heavy atom. The molecule has 12 heavy (non-hydrogen) atoms. The Hall–Kier alpha value is -0.270. The lowest BCUT2D eigenvalue weighted by Crippen LogP contribution is -2.21. The van der Waals surface area contributed by atoms with Crippen LogP contribution < -0.4 is 5.32 Å². The van der Waals surface area contributed by atoms with Gasteiger partial charge in [0.05, 0.1) is 0 Å². The van der Waals surface area contributed by atoms with E-state index < -0.39 is 0 Å². The van der Waals surface area contributed by atoms with E-state index in [4.69, 9.17) is 0 Å². The van der Waals surface area contributed by atoms with Gasteiger partial charge in [-0.25, -0.2) is 0 Å². The number of halogens is 1. The first-order valence-corrected chi connectivity index (χ1v) is 4.33. The molecule has 0 aliphatic heterocycles. The smallest absolute Gasteiger partial charge is 0.00730 e. The fourth-order valence-electron chi connectivity index (χ4n) is 1.31. The van der Waals surface area contributed by atoms with Gasteiger partial charge < -0.3 is 5.32 Å². The van der Waals surface area contributed by atoms with Crippen LogP contribution in [0.3, 0.4) is 0 Å². The van der Waals surface area contributed by atoms with Crippen molar-refractivity contribution in [1.82, 2.24) is 5.32 Å². The van der Waals surface area contributed by atoms with Gasteiger partial charge in [0.1, 0.15) is 0 Å². The number of hydrogen-bond acceptors (Lipinski definition) is 1. The van der Waals surface area contributed by atoms with E-state index in [1.807, 2.05) is 7.05 Å². The molecule has 0 saturated heterocycles. The lowest BCUT2D eigenvalue weighted by molar-refractivity contribution is 0.599. The van der Waals surface area contributed by atoms with Crippen molar-refractivity contribution in [3.8, 4) is 0 Å². The summed E-state index contributed by atoms with van der Waals surface area (Å²) in [6.45, 7) is 2.22. The second-order valence-electron chi connectivity index (χ2n) is 3.17. The molecule has 0 radical (unpaired) electrons. The normalized spacial score (nSPS) is 18.0. The summed E-state index contributed by atoms with van der Waals surface area (Å²) in [4.78, 5) is 0. The van der Waals surface area contributed by atoms with Crippen molar-refractivity contribution in [1.29, 1.82) is 0 Å². The zero-order valence-electron chi connectivity index (χ0n) is 7.84. The summed E-state index contributed by atoms with van der Waals surface area (Å²) in [5.41, 5.74) is 1.58. The summed E-state index contributed by atoms with van der Waals surface area (Å²) in [5, 5.41) is 3.25. The SMILES string of the molecule is CNC(C)CC1=CCC=CC1.Cl. The Kier molecular flexibility index (Phi) is 6.13. The molecule has 2 heteroatoms. The minimum atomic E-state index is 0. The van der Waals surface area contributed by atoms with Gasteiger partial charge in [0, 0.05) is 6.04 Å². The van der Waals surface area contributed by atoms with Gasteiger partial charge in [-0.1, -0.05) is 23.8 Å². The Bertz CT molecular complexity index is 173. The summed E-state index contributed by atoms with van der Waals surface area (Å²) in [5.74, 6) is 0. The highest BCUT2D eigenvalue weighted by atomic mass is 35.5. The van der Waals surface area contributed by atoms with Crippen LogP contribution in [0.1, 0.15) is 26.2 Å². The number of nitrogens with one attached hydrogen (secondary N) is 1. The molecule has 0 bridgehead atoms. The molecule has 0 heterocycles. The van der Waals surface area contributed by atoms with Crippen molar-refractivity contribution in [2.75, 3.05) is 7.05 Å². The maximum absolute atomic E-state index is 3.25. The minimum absolute atomic E-state index is 0. The average molecular weight is 188 g/mol. The molecule has 0 aromatic carbocycles. The van der Waals surface area contributed by atoms with Crippen molar-refractivity contribution < 1.29 is 0 Å². The van der Waals surface area contributed by atoms with E-state index in [1.54, 1.807) is 5.57 Å². The molecule has 1 aliphatic carbocycles. The molecule has 1 N–H and O–H groups in total. The van der Waals surface area contributed by atoms with Crippen molar-refractivity contribution in [3.63, 3.8) is 0 Å². The van der Waals surface area contributed by atoms with Crippen LogP contribution in [0.25, 0.3) is 0 Å². The first-order chi connectivity index (χ1) is 5.33. The maximum atomic E-state index is 3.25. The van der Waals surface area contributed by atoms with E-state index in [0.717, 1.165) is 12.8 Å². The maximum Gasteiger partial charge on any atom is 0.00730 e. The van der Waals surface area contributed by atoms with E-state index in [-0.39, 0.29) is 12.4 Å². The van der Waals surface area contributed by atoms with Crippen LogP contribution in [0, 0.1) is 0 Å². The standard InChI is InChI=1S/C10H17N.ClH/c1-9(11-2)8-10-6-4-3-5-7-10;/h3-4,7,9,11H,5-6,8H2,1-2H3;1H. The lowest BCUT2D eigenvalue weighted by atomic mass is 9.99. The molecular weight excluding hydrogens is 170 g/mol. The largest absolute Gasteiger partial charge is 0.317 e. The van der Waals surface area contributed by atoms with Gasteiger partial charge in [0.25, 0.3) is 0 Å². The molecule has 0 aromatic heterocycles. The Morgan fingerprint density at radius 2 is 2.25 bits per heavy atom. The van der Waals surface area contributed by atoms with Crippen LogP contribution in [0.15, 0.2) is 23.8 Å². The van der Waals surface area contributed by atoms with Crippen LogP contribution in [0.2, 0.25) is 0 Å². The van der Waals surface area contributed by atoms with Crippen LogP contribution >= 0.6 is 12.4 Å². The highest BCUT2D eigenvalue weighted by Gasteiger charge is 2.03. The third-order valence-corrected chi connectivity index (χ3v) is 2.15. The highest BCUT2D eigenvalue weighted by molar-refractivity contribution is 5.85. The van der Waals surface area contributed by atoms with Crippen LogP contribution in [0.5, 0.6) is 0 Å². The predicted octanol–water partition coefficient (Wildman–Crippen LogP) is 2.68. The van der Waals surface area contributed by atoms with Gasteiger partial charge >= 0.3 is 0 Å². The summed E-state index contributed by atoms with van der Waals surface area (Å²) in [6, 6.07) is 0.618. The molecule has 1 rings (SSSR count). The van der Waals surface area contributed by atoms with E-state index in [2.05, 4.69) is 30.5 Å². The molecular formula is C10H18ClN. The molecule has 70 valence electrons. The zero-order valence-corrected chi connectivity index (χ0v) is 8.66. The first kappa shape index (κ1) is 11.7. The molecule has 0 fully saturated rings. The van der Waals surface area contributed by atoms with Gasteiger partial charge in [-0.3, -0.25) is 0 Å². The fraction of sp³-hybridized carbons (Fsp3) is 0.600. The van der Waals surface area contributed by atoms with Gasteiger partial charge in [-0.15, -0.1) is 12.4 Å². The van der Waals surface area contributed by atoms with Crippen molar-refractivity contribution in [3.05, 3.63) is 23.8 Å². The van der Waals surface area contributed by atoms with E-state index in [1.165, 1.54) is 6.42 Å². The summed E-state index contributed by atoms with van der Waals surface area (Å²) >= 11 is 0. The van der Waals surface area contributed by atoms with Gasteiger partial charge in [-0.2, -0.15) is 0 Å². The van der Waals surface area contributed by atoms with Gasteiger partial charge in [0.15, 0.2) is 0 Å². The molecule has 1 aliphatic rings. The van der Waals surface area contributed by atoms with E-state index in [9.17, 15) is 0 Å². The number of allylic oxidation sites excluding steroid dienone is 3. The lowest BCUT2D eigenvalue weighted by Gasteiger charge is -2.13. The highest BCUT2D eigenvalue weighted by Crippen LogP contribution is 2.15. The molecule has 1 atom stereocenters. The Morgan fingerprint density at radius 1 is 1.50 bits per heavy atom. The topological polar surface area (TPSA) is 12.0 Å². The van der Waals surface area contributed by atoms with Crippen LogP contribution in [-0.2, 0) is 0 Å². The fourth-order valence-corrected chi connectivity index (χ4v) is 1.31. The average Bonchev–Trinajstić information content (AvgIpc) is 2.06. The van der Waals surface area contributed by atoms with Crippen LogP contribution in [-0.4, -0.2) is 13.1 Å². The molecule has 0 aromatic rings.